The van der Waals surface area contributed by atoms with Crippen LogP contribution in [0.2, 0.25) is 0 Å². The average Bonchev–Trinajstić information content (AvgIpc) is 2.23. The normalized spacial score (nSPS) is 15.0. The van der Waals surface area contributed by atoms with E-state index in [1.165, 1.54) is 5.56 Å². The second kappa shape index (κ2) is 5.21. The van der Waals surface area contributed by atoms with Gasteiger partial charge in [-0.25, -0.2) is 0 Å². The summed E-state index contributed by atoms with van der Waals surface area (Å²) in [6.45, 7) is 8.48. The van der Waals surface area contributed by atoms with Crippen molar-refractivity contribution in [3.63, 3.8) is 0 Å². The number of nitrogens with one attached hydrogen (secondary N) is 1. The molecule has 0 fully saturated rings. The number of rotatable bonds is 4. The van der Waals surface area contributed by atoms with Crippen LogP contribution in [0.15, 0.2) is 6.07 Å². The molecular formula is C12H21N3. The van der Waals surface area contributed by atoms with Crippen molar-refractivity contribution in [2.45, 2.75) is 40.2 Å². The minimum Gasteiger partial charge on any atom is -0.313 e. The zero-order valence-corrected chi connectivity index (χ0v) is 10.3. The van der Waals surface area contributed by atoms with Crippen molar-refractivity contribution in [1.29, 1.82) is 0 Å². The molecule has 2 atom stereocenters. The first-order valence-electron chi connectivity index (χ1n) is 5.58. The maximum absolute atomic E-state index is 4.17. The number of hydrogen-bond donors (Lipinski definition) is 1. The van der Waals surface area contributed by atoms with Crippen LogP contribution in [0, 0.1) is 19.8 Å². The van der Waals surface area contributed by atoms with Crippen LogP contribution < -0.4 is 5.32 Å². The van der Waals surface area contributed by atoms with Gasteiger partial charge in [0.2, 0.25) is 0 Å². The fourth-order valence-electron chi connectivity index (χ4n) is 1.87. The minimum absolute atomic E-state index is 0.379. The van der Waals surface area contributed by atoms with Gasteiger partial charge in [0.05, 0.1) is 11.4 Å². The minimum atomic E-state index is 0.379. The molecule has 0 saturated heterocycles. The fraction of sp³-hybridized carbons (Fsp3) is 0.667. The lowest BCUT2D eigenvalue weighted by atomic mass is 9.92. The molecule has 1 rings (SSSR count). The molecule has 0 bridgehead atoms. The van der Waals surface area contributed by atoms with E-state index in [0.717, 1.165) is 17.8 Å². The quantitative estimate of drug-likeness (QED) is 0.824. The van der Waals surface area contributed by atoms with Crippen molar-refractivity contribution in [2.75, 3.05) is 7.05 Å². The summed E-state index contributed by atoms with van der Waals surface area (Å²) in [6, 6.07) is 2.51. The van der Waals surface area contributed by atoms with Crippen LogP contribution in [0.1, 0.15) is 43.3 Å². The Kier molecular flexibility index (Phi) is 4.21. The molecule has 0 amide bonds. The molecule has 1 N–H and O–H groups in total. The van der Waals surface area contributed by atoms with E-state index >= 15 is 0 Å². The summed E-state index contributed by atoms with van der Waals surface area (Å²) >= 11 is 0. The summed E-state index contributed by atoms with van der Waals surface area (Å²) < 4.78 is 0. The highest BCUT2D eigenvalue weighted by atomic mass is 15.1. The van der Waals surface area contributed by atoms with Crippen LogP contribution in [-0.4, -0.2) is 17.2 Å². The predicted molar refractivity (Wildman–Crippen MR) is 62.8 cm³/mol. The third-order valence-corrected chi connectivity index (χ3v) is 3.00. The Bertz CT molecular complexity index is 323. The van der Waals surface area contributed by atoms with Gasteiger partial charge < -0.3 is 5.32 Å². The highest BCUT2D eigenvalue weighted by Gasteiger charge is 2.18. The van der Waals surface area contributed by atoms with Gasteiger partial charge in [-0.2, -0.15) is 10.2 Å². The lowest BCUT2D eigenvalue weighted by molar-refractivity contribution is 0.397. The van der Waals surface area contributed by atoms with E-state index < -0.39 is 0 Å². The van der Waals surface area contributed by atoms with E-state index in [0.29, 0.717) is 12.0 Å². The van der Waals surface area contributed by atoms with Gasteiger partial charge in [0, 0.05) is 6.04 Å². The third-order valence-electron chi connectivity index (χ3n) is 3.00. The number of hydrogen-bond acceptors (Lipinski definition) is 3. The molecule has 0 saturated carbocycles. The molecular weight excluding hydrogens is 186 g/mol. The van der Waals surface area contributed by atoms with Crippen LogP contribution in [0.5, 0.6) is 0 Å². The Labute approximate surface area is 92.3 Å². The smallest absolute Gasteiger partial charge is 0.0648 e. The molecule has 3 nitrogen and oxygen atoms in total. The molecule has 84 valence electrons. The molecule has 0 aliphatic heterocycles. The average molecular weight is 207 g/mol. The topological polar surface area (TPSA) is 37.8 Å². The molecule has 0 aromatic carbocycles. The summed E-state index contributed by atoms with van der Waals surface area (Å²) in [6.07, 6.45) is 1.16. The van der Waals surface area contributed by atoms with Crippen molar-refractivity contribution >= 4 is 0 Å². The molecule has 15 heavy (non-hydrogen) atoms. The van der Waals surface area contributed by atoms with Crippen molar-refractivity contribution < 1.29 is 0 Å². The third kappa shape index (κ3) is 2.75. The number of aryl methyl sites for hydroxylation is 2. The largest absolute Gasteiger partial charge is 0.313 e. The van der Waals surface area contributed by atoms with Crippen LogP contribution in [0.3, 0.4) is 0 Å². The van der Waals surface area contributed by atoms with Gasteiger partial charge in [-0.15, -0.1) is 0 Å². The van der Waals surface area contributed by atoms with E-state index in [9.17, 15) is 0 Å². The van der Waals surface area contributed by atoms with E-state index in [-0.39, 0.29) is 0 Å². The van der Waals surface area contributed by atoms with Gasteiger partial charge in [-0.05, 0) is 38.4 Å². The van der Waals surface area contributed by atoms with Crippen molar-refractivity contribution in [3.05, 3.63) is 23.0 Å². The van der Waals surface area contributed by atoms with E-state index in [1.54, 1.807) is 0 Å². The van der Waals surface area contributed by atoms with E-state index in [4.69, 9.17) is 0 Å². The molecule has 1 aromatic rings. The lowest BCUT2D eigenvalue weighted by Gasteiger charge is -2.24. The van der Waals surface area contributed by atoms with Crippen molar-refractivity contribution in [3.8, 4) is 0 Å². The van der Waals surface area contributed by atoms with Crippen molar-refractivity contribution in [1.82, 2.24) is 15.5 Å². The molecule has 1 aromatic heterocycles. The molecule has 1 heterocycles. The van der Waals surface area contributed by atoms with E-state index in [1.807, 2.05) is 20.9 Å². The number of nitrogens with zero attached hydrogens (tertiary/aromatic N) is 2. The predicted octanol–water partition coefficient (Wildman–Crippen LogP) is 2.40. The van der Waals surface area contributed by atoms with Crippen LogP contribution in [-0.2, 0) is 0 Å². The Morgan fingerprint density at radius 3 is 2.53 bits per heavy atom. The number of aromatic nitrogens is 2. The maximum atomic E-state index is 4.17. The summed E-state index contributed by atoms with van der Waals surface area (Å²) in [5.41, 5.74) is 3.29. The fourth-order valence-corrected chi connectivity index (χ4v) is 1.87. The molecule has 0 aliphatic carbocycles. The molecule has 3 heteroatoms. The van der Waals surface area contributed by atoms with Gasteiger partial charge in [0.15, 0.2) is 0 Å². The Hall–Kier alpha value is -0.960. The van der Waals surface area contributed by atoms with Crippen molar-refractivity contribution in [2.24, 2.45) is 5.92 Å². The summed E-state index contributed by atoms with van der Waals surface area (Å²) in [7, 11) is 2.01. The highest BCUT2D eigenvalue weighted by molar-refractivity contribution is 5.24. The summed E-state index contributed by atoms with van der Waals surface area (Å²) in [5, 5.41) is 11.6. The van der Waals surface area contributed by atoms with Gasteiger partial charge in [0.1, 0.15) is 0 Å². The monoisotopic (exact) mass is 207 g/mol. The van der Waals surface area contributed by atoms with Gasteiger partial charge in [-0.1, -0.05) is 20.3 Å². The van der Waals surface area contributed by atoms with E-state index in [2.05, 4.69) is 35.4 Å². The Balaban J connectivity index is 3.05. The molecule has 2 unspecified atom stereocenters. The summed E-state index contributed by atoms with van der Waals surface area (Å²) in [5.74, 6) is 0.609. The SMILES string of the molecule is CCC(C)C(NC)c1cc(C)nnc1C. The zero-order chi connectivity index (χ0) is 11.4. The maximum Gasteiger partial charge on any atom is 0.0648 e. The molecule has 0 spiro atoms. The van der Waals surface area contributed by atoms with Gasteiger partial charge >= 0.3 is 0 Å². The first-order valence-corrected chi connectivity index (χ1v) is 5.58. The molecule has 0 radical (unpaired) electrons. The standard InChI is InChI=1S/C12H21N3/c1-6-8(2)12(13-5)11-7-9(3)14-15-10(11)4/h7-8,12-13H,6H2,1-5H3. The summed E-state index contributed by atoms with van der Waals surface area (Å²) in [4.78, 5) is 0. The highest BCUT2D eigenvalue weighted by Crippen LogP contribution is 2.25. The molecule has 0 aliphatic rings. The van der Waals surface area contributed by atoms with Crippen LogP contribution >= 0.6 is 0 Å². The Morgan fingerprint density at radius 2 is 2.00 bits per heavy atom. The Morgan fingerprint density at radius 1 is 1.33 bits per heavy atom. The second-order valence-corrected chi connectivity index (χ2v) is 4.18. The zero-order valence-electron chi connectivity index (χ0n) is 10.3. The van der Waals surface area contributed by atoms with Gasteiger partial charge in [-0.3, -0.25) is 0 Å². The van der Waals surface area contributed by atoms with Crippen LogP contribution in [0.4, 0.5) is 0 Å². The lowest BCUT2D eigenvalue weighted by Crippen LogP contribution is -2.24. The first kappa shape index (κ1) is 12.1. The van der Waals surface area contributed by atoms with Crippen LogP contribution in [0.25, 0.3) is 0 Å². The first-order chi connectivity index (χ1) is 7.10. The van der Waals surface area contributed by atoms with Gasteiger partial charge in [0.25, 0.3) is 0 Å². The second-order valence-electron chi connectivity index (χ2n) is 4.18.